The van der Waals surface area contributed by atoms with E-state index in [0.717, 1.165) is 44.1 Å². The van der Waals surface area contributed by atoms with Crippen LogP contribution in [0.3, 0.4) is 0 Å². The molecule has 0 amide bonds. The molecular formula is C28H36O4S. The smallest absolute Gasteiger partial charge is 0.302 e. The first-order chi connectivity index (χ1) is 15.6. The predicted molar refractivity (Wildman–Crippen MR) is 129 cm³/mol. The van der Waals surface area contributed by atoms with Crippen LogP contribution in [0, 0.1) is 35.5 Å². The zero-order valence-electron chi connectivity index (χ0n) is 20.3. The second-order valence-electron chi connectivity index (χ2n) is 11.3. The van der Waals surface area contributed by atoms with E-state index in [1.165, 1.54) is 12.5 Å². The molecule has 2 fully saturated rings. The molecule has 0 N–H and O–H groups in total. The van der Waals surface area contributed by atoms with E-state index in [9.17, 15) is 13.2 Å². The van der Waals surface area contributed by atoms with E-state index in [0.29, 0.717) is 34.0 Å². The van der Waals surface area contributed by atoms with E-state index in [2.05, 4.69) is 19.9 Å². The Morgan fingerprint density at radius 2 is 1.76 bits per heavy atom. The van der Waals surface area contributed by atoms with Crippen LogP contribution < -0.4 is 0 Å². The molecule has 0 bridgehead atoms. The molecule has 1 aromatic rings. The number of ether oxygens (including phenoxy) is 1. The average Bonchev–Trinajstić information content (AvgIpc) is 3.09. The van der Waals surface area contributed by atoms with Gasteiger partial charge in [-0.1, -0.05) is 37.6 Å². The molecule has 4 aliphatic rings. The lowest BCUT2D eigenvalue weighted by atomic mass is 9.49. The van der Waals surface area contributed by atoms with Crippen molar-refractivity contribution in [1.29, 1.82) is 0 Å². The minimum Gasteiger partial charge on any atom is -0.462 e. The highest BCUT2D eigenvalue weighted by molar-refractivity contribution is 7.95. The lowest BCUT2D eigenvalue weighted by molar-refractivity contribution is -0.156. The van der Waals surface area contributed by atoms with Crippen LogP contribution in [0.5, 0.6) is 0 Å². The third-order valence-corrected chi connectivity index (χ3v) is 11.5. The Kier molecular flexibility index (Phi) is 5.43. The summed E-state index contributed by atoms with van der Waals surface area (Å²) in [6.07, 6.45) is 11.1. The van der Waals surface area contributed by atoms with E-state index in [-0.39, 0.29) is 22.9 Å². The van der Waals surface area contributed by atoms with Gasteiger partial charge in [0.1, 0.15) is 6.10 Å². The van der Waals surface area contributed by atoms with Crippen molar-refractivity contribution in [3.05, 3.63) is 52.5 Å². The molecule has 0 saturated heterocycles. The molecule has 6 atom stereocenters. The number of carbonyl (C=O) groups is 1. The maximum Gasteiger partial charge on any atom is 0.302 e. The fourth-order valence-corrected chi connectivity index (χ4v) is 9.18. The Labute approximate surface area is 198 Å². The summed E-state index contributed by atoms with van der Waals surface area (Å²) in [4.78, 5) is 12.6. The number of esters is 1. The molecule has 0 aromatic heterocycles. The van der Waals surface area contributed by atoms with Gasteiger partial charge in [0, 0.05) is 17.2 Å². The first-order valence-corrected chi connectivity index (χ1v) is 13.9. The minimum absolute atomic E-state index is 0.0239. The van der Waals surface area contributed by atoms with Crippen molar-refractivity contribution in [2.24, 2.45) is 28.6 Å². The van der Waals surface area contributed by atoms with Crippen molar-refractivity contribution in [3.8, 4) is 0 Å². The molecule has 33 heavy (non-hydrogen) atoms. The van der Waals surface area contributed by atoms with E-state index >= 15 is 0 Å². The van der Waals surface area contributed by atoms with Gasteiger partial charge in [0.2, 0.25) is 9.84 Å². The number of benzene rings is 1. The largest absolute Gasteiger partial charge is 0.462 e. The monoisotopic (exact) mass is 468 g/mol. The summed E-state index contributed by atoms with van der Waals surface area (Å²) in [6.45, 7) is 8.19. The second kappa shape index (κ2) is 7.83. The summed E-state index contributed by atoms with van der Waals surface area (Å²) in [5.41, 5.74) is 2.38. The Morgan fingerprint density at radius 3 is 2.45 bits per heavy atom. The number of hydrogen-bond donors (Lipinski definition) is 0. The van der Waals surface area contributed by atoms with Crippen LogP contribution in [0.4, 0.5) is 0 Å². The molecule has 4 nitrogen and oxygen atoms in total. The third kappa shape index (κ3) is 3.53. The molecule has 5 rings (SSSR count). The fraction of sp³-hybridized carbons (Fsp3) is 0.607. The molecule has 0 spiro atoms. The van der Waals surface area contributed by atoms with Crippen molar-refractivity contribution >= 4 is 15.8 Å². The van der Waals surface area contributed by atoms with Gasteiger partial charge in [-0.25, -0.2) is 8.42 Å². The molecule has 2 saturated carbocycles. The van der Waals surface area contributed by atoms with Gasteiger partial charge < -0.3 is 4.74 Å². The topological polar surface area (TPSA) is 60.4 Å². The highest BCUT2D eigenvalue weighted by Gasteiger charge is 2.59. The zero-order chi connectivity index (χ0) is 23.6. The number of aryl methyl sites for hydroxylation is 1. The molecular weight excluding hydrogens is 432 g/mol. The highest BCUT2D eigenvalue weighted by atomic mass is 32.2. The van der Waals surface area contributed by atoms with Gasteiger partial charge in [-0.3, -0.25) is 4.79 Å². The Hall–Kier alpha value is -1.88. The first kappa shape index (κ1) is 22.9. The summed E-state index contributed by atoms with van der Waals surface area (Å²) in [6, 6.07) is 7.20. The predicted octanol–water partition coefficient (Wildman–Crippen LogP) is 6.16. The van der Waals surface area contributed by atoms with Crippen LogP contribution in [0.1, 0.15) is 71.3 Å². The second-order valence-corrected chi connectivity index (χ2v) is 13.3. The standard InChI is InChI=1S/C28H36O4S/c1-18-5-8-21(9-6-18)33(30,31)22-13-15-27(3)20(17-22)7-10-23-24-11-12-26(32-19(2)29)28(24,4)16-14-25(23)27/h5-9,17,23-26H,10-16H2,1-4H3/t23-,24-,25-,26-,27-,28-/m0/s1. The number of fused-ring (bicyclic) bond motifs is 5. The number of rotatable bonds is 3. The van der Waals surface area contributed by atoms with Gasteiger partial charge in [0.25, 0.3) is 0 Å². The summed E-state index contributed by atoms with van der Waals surface area (Å²) >= 11 is 0. The highest BCUT2D eigenvalue weighted by Crippen LogP contribution is 2.65. The van der Waals surface area contributed by atoms with Gasteiger partial charge in [0.05, 0.1) is 4.90 Å². The van der Waals surface area contributed by atoms with Gasteiger partial charge in [-0.05, 0) is 98.8 Å². The minimum atomic E-state index is -3.46. The maximum atomic E-state index is 13.3. The molecule has 0 radical (unpaired) electrons. The summed E-state index contributed by atoms with van der Waals surface area (Å²) in [5.74, 6) is 1.55. The first-order valence-electron chi connectivity index (χ1n) is 12.5. The summed E-state index contributed by atoms with van der Waals surface area (Å²) in [5, 5.41) is 0. The Balaban J connectivity index is 1.44. The van der Waals surface area contributed by atoms with Crippen LogP contribution in [-0.4, -0.2) is 20.5 Å². The normalized spacial score (nSPS) is 37.8. The number of carbonyl (C=O) groups excluding carboxylic acids is 1. The molecule has 1 aromatic carbocycles. The van der Waals surface area contributed by atoms with Crippen LogP contribution in [0.15, 0.2) is 51.8 Å². The number of hydrogen-bond acceptors (Lipinski definition) is 4. The Morgan fingerprint density at radius 1 is 1.03 bits per heavy atom. The molecule has 0 aliphatic heterocycles. The number of allylic oxidation sites excluding steroid dienone is 4. The van der Waals surface area contributed by atoms with Gasteiger partial charge in [-0.2, -0.15) is 0 Å². The quantitative estimate of drug-likeness (QED) is 0.499. The van der Waals surface area contributed by atoms with E-state index < -0.39 is 9.84 Å². The van der Waals surface area contributed by atoms with Crippen LogP contribution in [-0.2, 0) is 19.4 Å². The lowest BCUT2D eigenvalue weighted by Crippen LogP contribution is -2.50. The van der Waals surface area contributed by atoms with Crippen molar-refractivity contribution in [3.63, 3.8) is 0 Å². The van der Waals surface area contributed by atoms with E-state index in [4.69, 9.17) is 4.74 Å². The van der Waals surface area contributed by atoms with Crippen LogP contribution in [0.25, 0.3) is 0 Å². The number of sulfone groups is 1. The summed E-state index contributed by atoms with van der Waals surface area (Å²) in [7, 11) is -3.46. The Bertz CT molecular complexity index is 1130. The third-order valence-electron chi connectivity index (χ3n) is 9.63. The molecule has 4 aliphatic carbocycles. The van der Waals surface area contributed by atoms with Crippen molar-refractivity contribution < 1.29 is 17.9 Å². The maximum absolute atomic E-state index is 13.3. The lowest BCUT2D eigenvalue weighted by Gasteiger charge is -2.56. The zero-order valence-corrected chi connectivity index (χ0v) is 21.1. The average molecular weight is 469 g/mol. The van der Waals surface area contributed by atoms with E-state index in [1.54, 1.807) is 12.1 Å². The molecule has 178 valence electrons. The molecule has 5 heteroatoms. The van der Waals surface area contributed by atoms with Crippen molar-refractivity contribution in [2.75, 3.05) is 0 Å². The summed E-state index contributed by atoms with van der Waals surface area (Å²) < 4.78 is 32.4. The van der Waals surface area contributed by atoms with Crippen molar-refractivity contribution in [1.82, 2.24) is 0 Å². The van der Waals surface area contributed by atoms with Gasteiger partial charge in [-0.15, -0.1) is 0 Å². The molecule has 0 heterocycles. The van der Waals surface area contributed by atoms with Crippen LogP contribution in [0.2, 0.25) is 0 Å². The van der Waals surface area contributed by atoms with Crippen molar-refractivity contribution in [2.45, 2.75) is 83.6 Å². The fourth-order valence-electron chi connectivity index (χ4n) is 7.73. The SMILES string of the molecule is CC(=O)O[C@H]1CC[C@H]2[C@@H]3CC=C4C=C(S(=O)(=O)c5ccc(C)cc5)CC[C@]4(C)[C@H]3CC[C@]12C. The van der Waals surface area contributed by atoms with Crippen LogP contribution >= 0.6 is 0 Å². The van der Waals surface area contributed by atoms with E-state index in [1.807, 2.05) is 25.1 Å². The van der Waals surface area contributed by atoms with Gasteiger partial charge in [0.15, 0.2) is 0 Å². The van der Waals surface area contributed by atoms with Gasteiger partial charge >= 0.3 is 5.97 Å². The molecule has 0 unspecified atom stereocenters.